The van der Waals surface area contributed by atoms with E-state index < -0.39 is 34.0 Å². The molecule has 0 unspecified atom stereocenters. The van der Waals surface area contributed by atoms with Crippen molar-refractivity contribution in [1.82, 2.24) is 5.43 Å². The molecule has 41 heavy (non-hydrogen) atoms. The molecule has 3 aromatic rings. The molecule has 0 aromatic heterocycles. The minimum atomic E-state index is -4.76. The third kappa shape index (κ3) is 8.22. The zero-order valence-electron chi connectivity index (χ0n) is 22.1. The highest BCUT2D eigenvalue weighted by Crippen LogP contribution is 2.42. The number of methoxy groups -OCH3 is 1. The van der Waals surface area contributed by atoms with Gasteiger partial charge in [0, 0.05) is 11.6 Å². The van der Waals surface area contributed by atoms with E-state index in [2.05, 4.69) is 10.5 Å². The summed E-state index contributed by atoms with van der Waals surface area (Å²) in [7, 11) is 1.33. The molecular weight excluding hydrogens is 662 g/mol. The van der Waals surface area contributed by atoms with Crippen LogP contribution in [-0.4, -0.2) is 37.4 Å². The fraction of sp³-hybridized carbons (Fsp3) is 0.259. The van der Waals surface area contributed by atoms with Gasteiger partial charge < -0.3 is 18.9 Å². The highest BCUT2D eigenvalue weighted by molar-refractivity contribution is 14.1. The lowest BCUT2D eigenvalue weighted by Gasteiger charge is -2.14. The Balaban J connectivity index is 1.80. The lowest BCUT2D eigenvalue weighted by atomic mass is 10.1. The van der Waals surface area contributed by atoms with Gasteiger partial charge in [-0.15, -0.1) is 0 Å². The van der Waals surface area contributed by atoms with Crippen LogP contribution < -0.4 is 24.4 Å². The van der Waals surface area contributed by atoms with Crippen LogP contribution in [0.5, 0.6) is 28.7 Å². The summed E-state index contributed by atoms with van der Waals surface area (Å²) in [5, 5.41) is 15.4. The summed E-state index contributed by atoms with van der Waals surface area (Å²) in [5.74, 6) is 0.236. The number of alkyl halides is 3. The summed E-state index contributed by atoms with van der Waals surface area (Å²) in [6, 6.07) is 9.81. The fourth-order valence-corrected chi connectivity index (χ4v) is 4.16. The van der Waals surface area contributed by atoms with Gasteiger partial charge in [-0.2, -0.15) is 18.3 Å². The zero-order chi connectivity index (χ0) is 30.2. The highest BCUT2D eigenvalue weighted by Gasteiger charge is 2.33. The van der Waals surface area contributed by atoms with E-state index >= 15 is 0 Å². The average molecular weight is 687 g/mol. The van der Waals surface area contributed by atoms with Gasteiger partial charge in [0.15, 0.2) is 23.0 Å². The van der Waals surface area contributed by atoms with Gasteiger partial charge in [0.25, 0.3) is 5.91 Å². The van der Waals surface area contributed by atoms with Crippen molar-refractivity contribution in [2.75, 3.05) is 20.3 Å². The number of benzene rings is 3. The number of amides is 1. The zero-order valence-corrected chi connectivity index (χ0v) is 24.2. The van der Waals surface area contributed by atoms with Crippen LogP contribution in [0, 0.1) is 13.7 Å². The first-order valence-electron chi connectivity index (χ1n) is 12.1. The van der Waals surface area contributed by atoms with Crippen molar-refractivity contribution >= 4 is 40.4 Å². The molecule has 0 aliphatic rings. The van der Waals surface area contributed by atoms with Gasteiger partial charge in [0.1, 0.15) is 0 Å². The van der Waals surface area contributed by atoms with E-state index in [0.29, 0.717) is 51.5 Å². The molecule has 0 aliphatic heterocycles. The fourth-order valence-electron chi connectivity index (χ4n) is 3.42. The molecule has 218 valence electrons. The van der Waals surface area contributed by atoms with Gasteiger partial charge in [-0.25, -0.2) is 5.43 Å². The maximum absolute atomic E-state index is 13.0. The quantitative estimate of drug-likeness (QED) is 0.0945. The number of hydrogen-bond donors (Lipinski definition) is 1. The highest BCUT2D eigenvalue weighted by atomic mass is 127. The van der Waals surface area contributed by atoms with Crippen molar-refractivity contribution in [2.24, 2.45) is 5.10 Å². The number of nitro benzene ring substituents is 1. The summed E-state index contributed by atoms with van der Waals surface area (Å²) in [6.07, 6.45) is -2.60. The van der Waals surface area contributed by atoms with Gasteiger partial charge in [-0.3, -0.25) is 14.9 Å². The second kappa shape index (κ2) is 14.0. The van der Waals surface area contributed by atoms with Gasteiger partial charge in [0.2, 0.25) is 5.75 Å². The molecule has 0 heterocycles. The minimum absolute atomic E-state index is 0.0472. The Morgan fingerprint density at radius 1 is 1.05 bits per heavy atom. The molecule has 1 N–H and O–H groups in total. The third-order valence-electron chi connectivity index (χ3n) is 5.29. The molecule has 0 saturated heterocycles. The van der Waals surface area contributed by atoms with Crippen molar-refractivity contribution in [3.05, 3.63) is 78.9 Å². The van der Waals surface area contributed by atoms with Crippen LogP contribution in [0.25, 0.3) is 0 Å². The first-order valence-corrected chi connectivity index (χ1v) is 13.2. The molecule has 0 aliphatic carbocycles. The van der Waals surface area contributed by atoms with Crippen LogP contribution in [0.1, 0.15) is 41.8 Å². The molecule has 0 spiro atoms. The Labute approximate surface area is 246 Å². The molecular formula is C27H25F3IN3O7. The second-order valence-corrected chi connectivity index (χ2v) is 9.38. The van der Waals surface area contributed by atoms with Crippen LogP contribution in [-0.2, 0) is 6.18 Å². The number of hydrazone groups is 1. The smallest absolute Gasteiger partial charge is 0.416 e. The Bertz CT molecular complexity index is 1450. The lowest BCUT2D eigenvalue weighted by Crippen LogP contribution is -2.17. The summed E-state index contributed by atoms with van der Waals surface area (Å²) >= 11 is 1.88. The minimum Gasteiger partial charge on any atom is -0.493 e. The van der Waals surface area contributed by atoms with E-state index in [1.807, 2.05) is 36.4 Å². The molecule has 0 bridgehead atoms. The Kier molecular flexibility index (Phi) is 10.7. The maximum atomic E-state index is 13.0. The molecule has 14 heteroatoms. The molecule has 1 amide bonds. The Morgan fingerprint density at radius 2 is 1.78 bits per heavy atom. The van der Waals surface area contributed by atoms with Gasteiger partial charge in [-0.05, 0) is 84.0 Å². The van der Waals surface area contributed by atoms with Crippen LogP contribution in [0.3, 0.4) is 0 Å². The second-order valence-electron chi connectivity index (χ2n) is 8.22. The molecule has 0 radical (unpaired) electrons. The summed E-state index contributed by atoms with van der Waals surface area (Å²) in [5.41, 5.74) is 1.15. The predicted molar refractivity (Wildman–Crippen MR) is 152 cm³/mol. The lowest BCUT2D eigenvalue weighted by molar-refractivity contribution is -0.385. The maximum Gasteiger partial charge on any atom is 0.416 e. The normalized spacial score (nSPS) is 11.3. The van der Waals surface area contributed by atoms with Gasteiger partial charge in [-0.1, -0.05) is 6.92 Å². The Hall–Kier alpha value is -4.08. The monoisotopic (exact) mass is 687 g/mol. The predicted octanol–water partition coefficient (Wildman–Crippen LogP) is 6.97. The standard InChI is InChI=1S/C27H25F3IN3O7/c1-4-10-40-22-8-6-17(13-23(22)39-5-2)26(35)33-32-15-16-11-19(31)25(24(12-16)38-3)41-21-9-7-18(27(28,29)30)14-20(21)34(36)37/h6-9,11-15H,4-5,10H2,1-3H3,(H,33,35)/b32-15+. The average Bonchev–Trinajstić information content (AvgIpc) is 2.93. The summed E-state index contributed by atoms with van der Waals surface area (Å²) in [6.45, 7) is 4.68. The number of ether oxygens (including phenoxy) is 4. The van der Waals surface area contributed by atoms with Crippen molar-refractivity contribution in [3.63, 3.8) is 0 Å². The number of nitrogens with zero attached hydrogens (tertiary/aromatic N) is 2. The molecule has 3 aromatic carbocycles. The summed E-state index contributed by atoms with van der Waals surface area (Å²) in [4.78, 5) is 23.1. The van der Waals surface area contributed by atoms with Crippen LogP contribution in [0.4, 0.5) is 18.9 Å². The topological polar surface area (TPSA) is 122 Å². The van der Waals surface area contributed by atoms with Crippen LogP contribution in [0.15, 0.2) is 53.6 Å². The Morgan fingerprint density at radius 3 is 2.41 bits per heavy atom. The van der Waals surface area contributed by atoms with E-state index in [1.54, 1.807) is 24.3 Å². The SMILES string of the molecule is CCCOc1ccc(C(=O)N/N=C/c2cc(I)c(Oc3ccc(C(F)(F)F)cc3[N+](=O)[O-])c(OC)c2)cc1OCC. The van der Waals surface area contributed by atoms with Gasteiger partial charge in [0.05, 0.1) is 40.6 Å². The molecule has 0 saturated carbocycles. The number of carbonyl (C=O) groups excluding carboxylic acids is 1. The number of halogens is 4. The van der Waals surface area contributed by atoms with Gasteiger partial charge >= 0.3 is 11.9 Å². The number of hydrogen-bond acceptors (Lipinski definition) is 8. The number of nitro groups is 1. The van der Waals surface area contributed by atoms with Crippen molar-refractivity contribution in [2.45, 2.75) is 26.4 Å². The molecule has 3 rings (SSSR count). The van der Waals surface area contributed by atoms with Crippen molar-refractivity contribution in [3.8, 4) is 28.7 Å². The van der Waals surface area contributed by atoms with Crippen LogP contribution >= 0.6 is 22.6 Å². The van der Waals surface area contributed by atoms with Crippen LogP contribution in [0.2, 0.25) is 0 Å². The molecule has 0 atom stereocenters. The van der Waals surface area contributed by atoms with Crippen molar-refractivity contribution in [1.29, 1.82) is 0 Å². The van der Waals surface area contributed by atoms with Crippen molar-refractivity contribution < 1.29 is 41.8 Å². The summed E-state index contributed by atoms with van der Waals surface area (Å²) < 4.78 is 61.7. The van der Waals surface area contributed by atoms with E-state index in [0.717, 1.165) is 12.5 Å². The van der Waals surface area contributed by atoms with E-state index in [9.17, 15) is 28.1 Å². The number of rotatable bonds is 12. The molecule has 0 fully saturated rings. The largest absolute Gasteiger partial charge is 0.493 e. The first-order chi connectivity index (χ1) is 19.5. The number of nitrogens with one attached hydrogen (secondary N) is 1. The van der Waals surface area contributed by atoms with E-state index in [-0.39, 0.29) is 11.5 Å². The first kappa shape index (κ1) is 31.4. The van der Waals surface area contributed by atoms with E-state index in [4.69, 9.17) is 18.9 Å². The number of carbonyl (C=O) groups is 1. The van der Waals surface area contributed by atoms with E-state index in [1.165, 1.54) is 19.4 Å². The third-order valence-corrected chi connectivity index (χ3v) is 6.10. The molecule has 10 nitrogen and oxygen atoms in total.